The second kappa shape index (κ2) is 7.06. The maximum Gasteiger partial charge on any atom is 0.337 e. The molecule has 2 heterocycles. The van der Waals surface area contributed by atoms with E-state index in [1.165, 1.54) is 12.3 Å². The highest BCUT2D eigenvalue weighted by molar-refractivity contribution is 6.33. The van der Waals surface area contributed by atoms with E-state index in [0.717, 1.165) is 39.3 Å². The number of hydrogen-bond donors (Lipinski definition) is 1. The van der Waals surface area contributed by atoms with Gasteiger partial charge in [-0.1, -0.05) is 11.6 Å². The van der Waals surface area contributed by atoms with Gasteiger partial charge in [0, 0.05) is 45.5 Å². The van der Waals surface area contributed by atoms with Gasteiger partial charge in [-0.05, 0) is 20.2 Å². The lowest BCUT2D eigenvalue weighted by molar-refractivity contribution is 0.0696. The minimum atomic E-state index is -1.01. The molecule has 0 spiro atoms. The summed E-state index contributed by atoms with van der Waals surface area (Å²) in [6.45, 7) is 5.74. The first-order chi connectivity index (χ1) is 9.97. The van der Waals surface area contributed by atoms with Crippen molar-refractivity contribution in [1.29, 1.82) is 0 Å². The minimum Gasteiger partial charge on any atom is -0.478 e. The molecule has 0 radical (unpaired) electrons. The Morgan fingerprint density at radius 3 is 2.57 bits per heavy atom. The number of piperazine rings is 1. The predicted molar refractivity (Wildman–Crippen MR) is 83.4 cm³/mol. The summed E-state index contributed by atoms with van der Waals surface area (Å²) in [6.07, 6.45) is 1.36. The Kier molecular flexibility index (Phi) is 5.39. The van der Waals surface area contributed by atoms with Crippen molar-refractivity contribution in [2.75, 3.05) is 58.3 Å². The van der Waals surface area contributed by atoms with Gasteiger partial charge in [0.2, 0.25) is 0 Å². The van der Waals surface area contributed by atoms with Crippen LogP contribution in [-0.2, 0) is 0 Å². The zero-order valence-electron chi connectivity index (χ0n) is 12.4. The fraction of sp³-hybridized carbons (Fsp3) is 0.571. The van der Waals surface area contributed by atoms with E-state index in [9.17, 15) is 4.79 Å². The fourth-order valence-corrected chi connectivity index (χ4v) is 2.59. The first-order valence-corrected chi connectivity index (χ1v) is 7.36. The Morgan fingerprint density at radius 1 is 1.38 bits per heavy atom. The molecule has 0 bridgehead atoms. The standard InChI is InChI=1S/C14H21ClN4O2/c1-17(2)3-4-18-5-7-19(8-6-18)13-12(15)9-11(10-16-13)14(20)21/h9-10H,3-8H2,1-2H3,(H,20,21). The molecule has 0 aliphatic carbocycles. The van der Waals surface area contributed by atoms with Crippen LogP contribution in [0.2, 0.25) is 5.02 Å². The highest BCUT2D eigenvalue weighted by atomic mass is 35.5. The SMILES string of the molecule is CN(C)CCN1CCN(c2ncc(C(=O)O)cc2Cl)CC1. The molecule has 0 amide bonds. The van der Waals surface area contributed by atoms with Gasteiger partial charge in [0.05, 0.1) is 10.6 Å². The third-order valence-corrected chi connectivity index (χ3v) is 3.88. The van der Waals surface area contributed by atoms with Gasteiger partial charge in [0.25, 0.3) is 0 Å². The normalized spacial score (nSPS) is 16.5. The number of aromatic carboxylic acids is 1. The van der Waals surface area contributed by atoms with Crippen molar-refractivity contribution in [2.45, 2.75) is 0 Å². The Hall–Kier alpha value is -1.37. The number of aromatic nitrogens is 1. The van der Waals surface area contributed by atoms with Gasteiger partial charge in [0.15, 0.2) is 0 Å². The highest BCUT2D eigenvalue weighted by Crippen LogP contribution is 2.25. The molecule has 1 fully saturated rings. The van der Waals surface area contributed by atoms with E-state index in [0.29, 0.717) is 10.8 Å². The van der Waals surface area contributed by atoms with E-state index in [-0.39, 0.29) is 5.56 Å². The zero-order valence-corrected chi connectivity index (χ0v) is 13.2. The number of halogens is 1. The van der Waals surface area contributed by atoms with Crippen molar-refractivity contribution >= 4 is 23.4 Å². The molecular formula is C14H21ClN4O2. The maximum atomic E-state index is 10.9. The van der Waals surface area contributed by atoms with Crippen LogP contribution in [0.4, 0.5) is 5.82 Å². The van der Waals surface area contributed by atoms with Gasteiger partial charge in [-0.15, -0.1) is 0 Å². The molecular weight excluding hydrogens is 292 g/mol. The number of hydrogen-bond acceptors (Lipinski definition) is 5. The molecule has 21 heavy (non-hydrogen) atoms. The second-order valence-corrected chi connectivity index (χ2v) is 5.87. The lowest BCUT2D eigenvalue weighted by atomic mass is 10.2. The van der Waals surface area contributed by atoms with Crippen LogP contribution in [0.15, 0.2) is 12.3 Å². The molecule has 1 aliphatic rings. The molecule has 0 saturated carbocycles. The summed E-state index contributed by atoms with van der Waals surface area (Å²) in [5.41, 5.74) is 0.119. The quantitative estimate of drug-likeness (QED) is 0.879. The van der Waals surface area contributed by atoms with Crippen molar-refractivity contribution < 1.29 is 9.90 Å². The molecule has 1 aromatic heterocycles. The predicted octanol–water partition coefficient (Wildman–Crippen LogP) is 1.12. The lowest BCUT2D eigenvalue weighted by Gasteiger charge is -2.36. The Morgan fingerprint density at radius 2 is 2.05 bits per heavy atom. The third-order valence-electron chi connectivity index (χ3n) is 3.60. The van der Waals surface area contributed by atoms with E-state index < -0.39 is 5.97 Å². The number of anilines is 1. The van der Waals surface area contributed by atoms with E-state index in [1.54, 1.807) is 0 Å². The fourth-order valence-electron chi connectivity index (χ4n) is 2.31. The molecule has 1 saturated heterocycles. The average Bonchev–Trinajstić information content (AvgIpc) is 2.45. The topological polar surface area (TPSA) is 59.9 Å². The van der Waals surface area contributed by atoms with Crippen LogP contribution in [0.3, 0.4) is 0 Å². The van der Waals surface area contributed by atoms with E-state index >= 15 is 0 Å². The van der Waals surface area contributed by atoms with Crippen LogP contribution in [0, 0.1) is 0 Å². The smallest absolute Gasteiger partial charge is 0.337 e. The summed E-state index contributed by atoms with van der Waals surface area (Å²) in [6, 6.07) is 1.46. The van der Waals surface area contributed by atoms with E-state index in [4.69, 9.17) is 16.7 Å². The summed E-state index contributed by atoms with van der Waals surface area (Å²) in [5.74, 6) is -0.335. The summed E-state index contributed by atoms with van der Waals surface area (Å²) in [4.78, 5) is 21.8. The molecule has 0 aromatic carbocycles. The monoisotopic (exact) mass is 312 g/mol. The van der Waals surface area contributed by atoms with Crippen molar-refractivity contribution in [1.82, 2.24) is 14.8 Å². The Bertz CT molecular complexity index is 502. The van der Waals surface area contributed by atoms with E-state index in [1.807, 2.05) is 0 Å². The summed E-state index contributed by atoms with van der Waals surface area (Å²) in [7, 11) is 4.15. The number of carboxylic acid groups (broad SMARTS) is 1. The highest BCUT2D eigenvalue weighted by Gasteiger charge is 2.20. The molecule has 6 nitrogen and oxygen atoms in total. The van der Waals surface area contributed by atoms with Gasteiger partial charge < -0.3 is 14.9 Å². The number of carboxylic acids is 1. The van der Waals surface area contributed by atoms with Crippen molar-refractivity contribution in [3.8, 4) is 0 Å². The number of likely N-dealkylation sites (N-methyl/N-ethyl adjacent to an activating group) is 1. The Labute approximate surface area is 129 Å². The first-order valence-electron chi connectivity index (χ1n) is 6.98. The molecule has 2 rings (SSSR count). The van der Waals surface area contributed by atoms with Crippen molar-refractivity contribution in [2.24, 2.45) is 0 Å². The van der Waals surface area contributed by atoms with Gasteiger partial charge in [-0.2, -0.15) is 0 Å². The molecule has 1 N–H and O–H groups in total. The zero-order chi connectivity index (χ0) is 15.4. The van der Waals surface area contributed by atoms with Crippen molar-refractivity contribution in [3.05, 3.63) is 22.8 Å². The minimum absolute atomic E-state index is 0.119. The molecule has 1 aliphatic heterocycles. The van der Waals surface area contributed by atoms with Gasteiger partial charge in [-0.25, -0.2) is 9.78 Å². The van der Waals surface area contributed by atoms with E-state index in [2.05, 4.69) is 33.8 Å². The summed E-state index contributed by atoms with van der Waals surface area (Å²) in [5, 5.41) is 9.33. The largest absolute Gasteiger partial charge is 0.478 e. The van der Waals surface area contributed by atoms with Gasteiger partial charge >= 0.3 is 5.97 Å². The van der Waals surface area contributed by atoms with Gasteiger partial charge in [0.1, 0.15) is 5.82 Å². The van der Waals surface area contributed by atoms with Crippen LogP contribution < -0.4 is 4.90 Å². The average molecular weight is 313 g/mol. The molecule has 0 atom stereocenters. The molecule has 7 heteroatoms. The van der Waals surface area contributed by atoms with Crippen LogP contribution in [0.25, 0.3) is 0 Å². The van der Waals surface area contributed by atoms with Crippen LogP contribution in [-0.4, -0.2) is 79.2 Å². The number of rotatable bonds is 5. The molecule has 1 aromatic rings. The van der Waals surface area contributed by atoms with Crippen molar-refractivity contribution in [3.63, 3.8) is 0 Å². The van der Waals surface area contributed by atoms with Crippen LogP contribution in [0.5, 0.6) is 0 Å². The van der Waals surface area contributed by atoms with Gasteiger partial charge in [-0.3, -0.25) is 4.90 Å². The molecule has 116 valence electrons. The number of nitrogens with zero attached hydrogens (tertiary/aromatic N) is 4. The summed E-state index contributed by atoms with van der Waals surface area (Å²) >= 11 is 6.16. The Balaban J connectivity index is 1.94. The third kappa shape index (κ3) is 4.30. The van der Waals surface area contributed by atoms with Crippen LogP contribution >= 0.6 is 11.6 Å². The first kappa shape index (κ1) is 16.0. The maximum absolute atomic E-state index is 10.9. The molecule has 0 unspecified atom stereocenters. The number of pyridine rings is 1. The van der Waals surface area contributed by atoms with Crippen LogP contribution in [0.1, 0.15) is 10.4 Å². The lowest BCUT2D eigenvalue weighted by Crippen LogP contribution is -2.48. The summed E-state index contributed by atoms with van der Waals surface area (Å²) < 4.78 is 0. The second-order valence-electron chi connectivity index (χ2n) is 5.47. The number of carbonyl (C=O) groups is 1.